The lowest BCUT2D eigenvalue weighted by atomic mass is 9.89. The predicted octanol–water partition coefficient (Wildman–Crippen LogP) is 3.81. The summed E-state index contributed by atoms with van der Waals surface area (Å²) in [6.45, 7) is 4.69. The molecule has 2 aromatic heterocycles. The number of aryl methyl sites for hydroxylation is 1. The van der Waals surface area contributed by atoms with Crippen LogP contribution in [-0.4, -0.2) is 23.1 Å². The highest BCUT2D eigenvalue weighted by Crippen LogP contribution is 2.40. The van der Waals surface area contributed by atoms with Gasteiger partial charge in [0.2, 0.25) is 0 Å². The number of nitrogens with zero attached hydrogens (tertiary/aromatic N) is 3. The molecule has 1 fully saturated rings. The van der Waals surface area contributed by atoms with E-state index >= 15 is 0 Å². The van der Waals surface area contributed by atoms with Crippen molar-refractivity contribution in [1.29, 1.82) is 0 Å². The third kappa shape index (κ3) is 2.01. The Kier molecular flexibility index (Phi) is 3.14. The van der Waals surface area contributed by atoms with Crippen LogP contribution in [0.2, 0.25) is 0 Å². The van der Waals surface area contributed by atoms with Crippen LogP contribution in [0.15, 0.2) is 6.33 Å². The second-order valence-corrected chi connectivity index (χ2v) is 7.36. The van der Waals surface area contributed by atoms with Crippen LogP contribution >= 0.6 is 11.3 Å². The summed E-state index contributed by atoms with van der Waals surface area (Å²) in [6.07, 6.45) is 9.49. The molecule has 0 bridgehead atoms. The summed E-state index contributed by atoms with van der Waals surface area (Å²) in [6, 6.07) is 0. The maximum Gasteiger partial charge on any atom is 0.141 e. The van der Waals surface area contributed by atoms with Crippen molar-refractivity contribution in [2.75, 3.05) is 18.0 Å². The lowest BCUT2D eigenvalue weighted by Gasteiger charge is -2.28. The number of rotatable bonds is 1. The Balaban J connectivity index is 1.84. The molecule has 106 valence electrons. The van der Waals surface area contributed by atoms with Gasteiger partial charge in [0.05, 0.1) is 5.39 Å². The zero-order chi connectivity index (χ0) is 13.5. The number of piperidine rings is 1. The van der Waals surface area contributed by atoms with Crippen molar-refractivity contribution < 1.29 is 0 Å². The summed E-state index contributed by atoms with van der Waals surface area (Å²) >= 11 is 1.90. The minimum atomic E-state index is 0.821. The second-order valence-electron chi connectivity index (χ2n) is 6.28. The molecule has 0 aromatic carbocycles. The van der Waals surface area contributed by atoms with Gasteiger partial charge in [-0.2, -0.15) is 0 Å². The molecule has 2 aliphatic rings. The zero-order valence-electron chi connectivity index (χ0n) is 12.1. The van der Waals surface area contributed by atoms with Gasteiger partial charge in [-0.05, 0) is 50.0 Å². The number of fused-ring (bicyclic) bond motifs is 3. The van der Waals surface area contributed by atoms with Crippen molar-refractivity contribution in [2.45, 2.75) is 45.4 Å². The molecule has 0 spiro atoms. The van der Waals surface area contributed by atoms with Crippen LogP contribution in [0, 0.1) is 5.92 Å². The van der Waals surface area contributed by atoms with E-state index in [4.69, 9.17) is 0 Å². The van der Waals surface area contributed by atoms with Crippen LogP contribution in [0.25, 0.3) is 10.2 Å². The van der Waals surface area contributed by atoms with E-state index in [9.17, 15) is 0 Å². The van der Waals surface area contributed by atoms with Gasteiger partial charge in [-0.25, -0.2) is 9.97 Å². The molecule has 3 heterocycles. The molecule has 20 heavy (non-hydrogen) atoms. The molecule has 0 unspecified atom stereocenters. The highest BCUT2D eigenvalue weighted by Gasteiger charge is 2.25. The summed E-state index contributed by atoms with van der Waals surface area (Å²) in [4.78, 5) is 14.5. The van der Waals surface area contributed by atoms with Gasteiger partial charge >= 0.3 is 0 Å². The third-order valence-corrected chi connectivity index (χ3v) is 5.89. The minimum Gasteiger partial charge on any atom is -0.356 e. The Morgan fingerprint density at radius 1 is 1.20 bits per heavy atom. The summed E-state index contributed by atoms with van der Waals surface area (Å²) in [5.41, 5.74) is 1.56. The zero-order valence-corrected chi connectivity index (χ0v) is 12.9. The first-order chi connectivity index (χ1) is 9.83. The Hall–Kier alpha value is -1.16. The lowest BCUT2D eigenvalue weighted by molar-refractivity contribution is 0.509. The van der Waals surface area contributed by atoms with Crippen molar-refractivity contribution in [1.82, 2.24) is 9.97 Å². The van der Waals surface area contributed by atoms with Crippen molar-refractivity contribution in [2.24, 2.45) is 5.92 Å². The number of hydrogen-bond acceptors (Lipinski definition) is 4. The fourth-order valence-electron chi connectivity index (χ4n) is 3.60. The molecule has 1 atom stereocenters. The minimum absolute atomic E-state index is 0.821. The number of thiophene rings is 1. The summed E-state index contributed by atoms with van der Waals surface area (Å²) in [5, 5.41) is 1.38. The smallest absolute Gasteiger partial charge is 0.141 e. The molecule has 1 saturated heterocycles. The normalized spacial score (nSPS) is 23.1. The second kappa shape index (κ2) is 4.99. The number of hydrogen-bond donors (Lipinski definition) is 0. The molecule has 0 N–H and O–H groups in total. The van der Waals surface area contributed by atoms with E-state index < -0.39 is 0 Å². The Labute approximate surface area is 124 Å². The van der Waals surface area contributed by atoms with Gasteiger partial charge in [-0.3, -0.25) is 0 Å². The lowest BCUT2D eigenvalue weighted by Crippen LogP contribution is -2.30. The summed E-state index contributed by atoms with van der Waals surface area (Å²) in [5.74, 6) is 2.03. The summed E-state index contributed by atoms with van der Waals surface area (Å²) in [7, 11) is 0. The van der Waals surface area contributed by atoms with Crippen LogP contribution in [0.5, 0.6) is 0 Å². The fraction of sp³-hybridized carbons (Fsp3) is 0.625. The Morgan fingerprint density at radius 3 is 2.90 bits per heavy atom. The first-order valence-electron chi connectivity index (χ1n) is 7.83. The topological polar surface area (TPSA) is 29.0 Å². The number of aromatic nitrogens is 2. The van der Waals surface area contributed by atoms with Crippen LogP contribution < -0.4 is 4.90 Å². The van der Waals surface area contributed by atoms with E-state index in [0.717, 1.165) is 19.0 Å². The molecule has 0 amide bonds. The molecule has 2 aromatic rings. The van der Waals surface area contributed by atoms with Gasteiger partial charge in [-0.1, -0.05) is 6.92 Å². The average molecular weight is 287 g/mol. The largest absolute Gasteiger partial charge is 0.356 e. The molecular weight excluding hydrogens is 266 g/mol. The monoisotopic (exact) mass is 287 g/mol. The maximum atomic E-state index is 4.65. The van der Waals surface area contributed by atoms with Crippen molar-refractivity contribution >= 4 is 27.4 Å². The Morgan fingerprint density at radius 2 is 2.05 bits per heavy atom. The van der Waals surface area contributed by atoms with E-state index in [1.165, 1.54) is 54.6 Å². The van der Waals surface area contributed by atoms with Crippen LogP contribution in [0.4, 0.5) is 5.82 Å². The van der Waals surface area contributed by atoms with Crippen molar-refractivity contribution in [3.63, 3.8) is 0 Å². The van der Waals surface area contributed by atoms with E-state index in [1.54, 1.807) is 16.8 Å². The van der Waals surface area contributed by atoms with E-state index in [2.05, 4.69) is 21.8 Å². The summed E-state index contributed by atoms with van der Waals surface area (Å²) < 4.78 is 0. The fourth-order valence-corrected chi connectivity index (χ4v) is 4.95. The maximum absolute atomic E-state index is 4.65. The molecule has 0 saturated carbocycles. The highest BCUT2D eigenvalue weighted by molar-refractivity contribution is 7.19. The molecule has 1 aliphatic carbocycles. The van der Waals surface area contributed by atoms with Crippen LogP contribution in [0.1, 0.15) is 43.0 Å². The van der Waals surface area contributed by atoms with Gasteiger partial charge < -0.3 is 4.90 Å². The van der Waals surface area contributed by atoms with Crippen LogP contribution in [0.3, 0.4) is 0 Å². The van der Waals surface area contributed by atoms with Gasteiger partial charge in [0, 0.05) is 18.0 Å². The van der Waals surface area contributed by atoms with Gasteiger partial charge in [-0.15, -0.1) is 11.3 Å². The quantitative estimate of drug-likeness (QED) is 0.798. The molecule has 0 radical (unpaired) electrons. The van der Waals surface area contributed by atoms with Gasteiger partial charge in [0.25, 0.3) is 0 Å². The van der Waals surface area contributed by atoms with Crippen molar-refractivity contribution in [3.8, 4) is 0 Å². The number of anilines is 1. The van der Waals surface area contributed by atoms with Gasteiger partial charge in [0.1, 0.15) is 17.0 Å². The molecule has 4 heteroatoms. The standard InChI is InChI=1S/C16H21N3S/c1-11-5-6-12-13(9-11)20-16-14(12)15(17-10-18-16)19-7-3-2-4-8-19/h10-11H,2-9H2,1H3/t11-/m1/s1. The molecule has 4 rings (SSSR count). The molecule has 3 nitrogen and oxygen atoms in total. The first kappa shape index (κ1) is 12.6. The Bertz CT molecular complexity index is 628. The van der Waals surface area contributed by atoms with Crippen LogP contribution in [-0.2, 0) is 12.8 Å². The van der Waals surface area contributed by atoms with E-state index in [1.807, 2.05) is 11.3 Å². The average Bonchev–Trinajstić information content (AvgIpc) is 2.85. The van der Waals surface area contributed by atoms with Gasteiger partial charge in [0.15, 0.2) is 0 Å². The highest BCUT2D eigenvalue weighted by atomic mass is 32.1. The van der Waals surface area contributed by atoms with E-state index in [-0.39, 0.29) is 0 Å². The third-order valence-electron chi connectivity index (χ3n) is 4.73. The molecule has 1 aliphatic heterocycles. The SMILES string of the molecule is C[C@@H]1CCc2c(sc3ncnc(N4CCCCC4)c23)C1. The van der Waals surface area contributed by atoms with E-state index in [0.29, 0.717) is 0 Å². The first-order valence-corrected chi connectivity index (χ1v) is 8.65. The predicted molar refractivity (Wildman–Crippen MR) is 84.7 cm³/mol. The molecular formula is C16H21N3S. The van der Waals surface area contributed by atoms with Crippen molar-refractivity contribution in [3.05, 3.63) is 16.8 Å².